The fraction of sp³-hybridized carbons (Fsp3) is 0.333. The molecule has 0 spiro atoms. The number of aliphatic imine (C=N–C) groups is 1. The number of carbonyl (C=O) groups is 3. The van der Waals surface area contributed by atoms with Crippen molar-refractivity contribution in [1.82, 2.24) is 15.3 Å². The second kappa shape index (κ2) is 9.61. The average molecular weight is 434 g/mol. The van der Waals surface area contributed by atoms with Gasteiger partial charge in [-0.25, -0.2) is 14.8 Å². The fourth-order valence-electron chi connectivity index (χ4n) is 2.45. The molecule has 2 N–H and O–H groups in total. The molecule has 1 fully saturated rings. The van der Waals surface area contributed by atoms with Gasteiger partial charge in [0, 0.05) is 23.7 Å². The highest BCUT2D eigenvalue weighted by Crippen LogP contribution is 2.30. The standard InChI is InChI=1S/C18H19N5O4S2/c1-3-10-8-11(16(26)27-4-2)15(28-10)21-13(24)9-12-14(25)22-18(29-12)23-17-19-6-5-7-20-17/h5-8,12H,3-4,9H2,1-2H3,(H,21,24)(H,19,20,22,23,25). The number of hydrogen-bond donors (Lipinski definition) is 2. The van der Waals surface area contributed by atoms with Gasteiger partial charge in [-0.05, 0) is 25.5 Å². The summed E-state index contributed by atoms with van der Waals surface area (Å²) in [4.78, 5) is 49.9. The highest BCUT2D eigenvalue weighted by molar-refractivity contribution is 8.15. The van der Waals surface area contributed by atoms with E-state index in [1.54, 1.807) is 31.5 Å². The molecular formula is C18H19N5O4S2. The van der Waals surface area contributed by atoms with E-state index in [0.29, 0.717) is 15.7 Å². The maximum Gasteiger partial charge on any atom is 0.341 e. The van der Waals surface area contributed by atoms with E-state index in [2.05, 4.69) is 25.6 Å². The second-order valence-corrected chi connectivity index (χ2v) is 8.17. The molecule has 1 unspecified atom stereocenters. The van der Waals surface area contributed by atoms with Crippen LogP contribution >= 0.6 is 23.1 Å². The molecule has 2 aromatic heterocycles. The Bertz CT molecular complexity index is 945. The van der Waals surface area contributed by atoms with Crippen molar-refractivity contribution in [2.24, 2.45) is 4.99 Å². The SMILES string of the molecule is CCOC(=O)c1cc(CC)sc1NC(=O)CC1S/C(=N\c2ncccn2)NC1=O. The van der Waals surface area contributed by atoms with Crippen molar-refractivity contribution < 1.29 is 19.1 Å². The summed E-state index contributed by atoms with van der Waals surface area (Å²) in [5.74, 6) is -0.940. The molecule has 11 heteroatoms. The highest BCUT2D eigenvalue weighted by Gasteiger charge is 2.32. The zero-order chi connectivity index (χ0) is 20.8. The number of hydrogen-bond acceptors (Lipinski definition) is 9. The number of esters is 1. The maximum atomic E-state index is 12.5. The number of ether oxygens (including phenoxy) is 1. The van der Waals surface area contributed by atoms with Crippen molar-refractivity contribution in [2.45, 2.75) is 31.9 Å². The maximum absolute atomic E-state index is 12.5. The van der Waals surface area contributed by atoms with Gasteiger partial charge in [-0.15, -0.1) is 11.3 Å². The van der Waals surface area contributed by atoms with Gasteiger partial charge in [0.25, 0.3) is 5.95 Å². The monoisotopic (exact) mass is 433 g/mol. The number of thiophene rings is 1. The average Bonchev–Trinajstić information content (AvgIpc) is 3.26. The van der Waals surface area contributed by atoms with Crippen LogP contribution in [0.2, 0.25) is 0 Å². The predicted octanol–water partition coefficient (Wildman–Crippen LogP) is 2.53. The Balaban J connectivity index is 1.65. The van der Waals surface area contributed by atoms with Crippen molar-refractivity contribution in [3.63, 3.8) is 0 Å². The third-order valence-corrected chi connectivity index (χ3v) is 6.06. The number of amidine groups is 1. The molecule has 0 saturated carbocycles. The van der Waals surface area contributed by atoms with E-state index in [4.69, 9.17) is 4.74 Å². The number of rotatable bonds is 7. The van der Waals surface area contributed by atoms with Crippen LogP contribution in [0.5, 0.6) is 0 Å². The summed E-state index contributed by atoms with van der Waals surface area (Å²) in [5, 5.41) is 5.50. The molecule has 0 bridgehead atoms. The van der Waals surface area contributed by atoms with E-state index in [1.165, 1.54) is 11.3 Å². The zero-order valence-corrected chi connectivity index (χ0v) is 17.4. The number of nitrogens with zero attached hydrogens (tertiary/aromatic N) is 3. The predicted molar refractivity (Wildman–Crippen MR) is 112 cm³/mol. The van der Waals surface area contributed by atoms with Crippen LogP contribution in [0.25, 0.3) is 0 Å². The van der Waals surface area contributed by atoms with E-state index < -0.39 is 11.2 Å². The first-order valence-corrected chi connectivity index (χ1v) is 10.6. The van der Waals surface area contributed by atoms with Gasteiger partial charge in [0.15, 0.2) is 5.17 Å². The van der Waals surface area contributed by atoms with Crippen molar-refractivity contribution in [1.29, 1.82) is 0 Å². The summed E-state index contributed by atoms with van der Waals surface area (Å²) in [7, 11) is 0. The molecule has 1 saturated heterocycles. The first kappa shape index (κ1) is 20.9. The van der Waals surface area contributed by atoms with Crippen LogP contribution in [0.15, 0.2) is 29.5 Å². The lowest BCUT2D eigenvalue weighted by Crippen LogP contribution is -2.28. The van der Waals surface area contributed by atoms with Gasteiger partial charge in [-0.1, -0.05) is 18.7 Å². The van der Waals surface area contributed by atoms with Gasteiger partial charge < -0.3 is 15.4 Å². The minimum Gasteiger partial charge on any atom is -0.462 e. The van der Waals surface area contributed by atoms with Gasteiger partial charge in [0.2, 0.25) is 11.8 Å². The number of aryl methyl sites for hydroxylation is 1. The molecule has 1 aliphatic heterocycles. The Morgan fingerprint density at radius 2 is 2.07 bits per heavy atom. The van der Waals surface area contributed by atoms with Crippen LogP contribution in [0.4, 0.5) is 10.9 Å². The Hall–Kier alpha value is -2.79. The smallest absolute Gasteiger partial charge is 0.341 e. The van der Waals surface area contributed by atoms with E-state index in [9.17, 15) is 14.4 Å². The molecule has 152 valence electrons. The zero-order valence-electron chi connectivity index (χ0n) is 15.8. The first-order chi connectivity index (χ1) is 14.0. The van der Waals surface area contributed by atoms with Gasteiger partial charge in [0.1, 0.15) is 10.3 Å². The molecule has 29 heavy (non-hydrogen) atoms. The Morgan fingerprint density at radius 1 is 1.31 bits per heavy atom. The summed E-state index contributed by atoms with van der Waals surface area (Å²) >= 11 is 2.46. The summed E-state index contributed by atoms with van der Waals surface area (Å²) in [5.41, 5.74) is 0.328. The normalized spacial score (nSPS) is 17.2. The van der Waals surface area contributed by atoms with Crippen LogP contribution in [0.1, 0.15) is 35.5 Å². The van der Waals surface area contributed by atoms with Crippen LogP contribution in [-0.4, -0.2) is 44.8 Å². The molecule has 0 radical (unpaired) electrons. The quantitative estimate of drug-likeness (QED) is 0.643. The lowest BCUT2D eigenvalue weighted by molar-refractivity contribution is -0.122. The molecule has 0 aromatic carbocycles. The molecule has 3 heterocycles. The van der Waals surface area contributed by atoms with Crippen LogP contribution < -0.4 is 10.6 Å². The molecule has 1 aliphatic rings. The highest BCUT2D eigenvalue weighted by atomic mass is 32.2. The van der Waals surface area contributed by atoms with Gasteiger partial charge in [-0.3, -0.25) is 9.59 Å². The number of anilines is 1. The molecule has 1 atom stereocenters. The molecule has 0 aliphatic carbocycles. The third kappa shape index (κ3) is 5.39. The van der Waals surface area contributed by atoms with Gasteiger partial charge in [0.05, 0.1) is 12.2 Å². The lowest BCUT2D eigenvalue weighted by atomic mass is 10.2. The number of aromatic nitrogens is 2. The summed E-state index contributed by atoms with van der Waals surface area (Å²) in [6.45, 7) is 3.93. The molecule has 3 rings (SSSR count). The van der Waals surface area contributed by atoms with Crippen molar-refractivity contribution in [3.8, 4) is 0 Å². The van der Waals surface area contributed by atoms with Crippen molar-refractivity contribution in [3.05, 3.63) is 35.0 Å². The second-order valence-electron chi connectivity index (χ2n) is 5.84. The third-order valence-electron chi connectivity index (χ3n) is 3.78. The largest absolute Gasteiger partial charge is 0.462 e. The summed E-state index contributed by atoms with van der Waals surface area (Å²) in [6.07, 6.45) is 3.76. The van der Waals surface area contributed by atoms with E-state index in [0.717, 1.165) is 23.1 Å². The molecule has 2 aromatic rings. The topological polar surface area (TPSA) is 123 Å². The molecule has 9 nitrogen and oxygen atoms in total. The van der Waals surface area contributed by atoms with Crippen molar-refractivity contribution in [2.75, 3.05) is 11.9 Å². The number of thioether (sulfide) groups is 1. The summed E-state index contributed by atoms with van der Waals surface area (Å²) in [6, 6.07) is 3.39. The minimum absolute atomic E-state index is 0.0627. The van der Waals surface area contributed by atoms with Crippen molar-refractivity contribution >= 4 is 57.0 Å². The number of carbonyl (C=O) groups excluding carboxylic acids is 3. The Morgan fingerprint density at radius 3 is 2.76 bits per heavy atom. The van der Waals surface area contributed by atoms with Gasteiger partial charge in [-0.2, -0.15) is 4.99 Å². The molecule has 2 amide bonds. The lowest BCUT2D eigenvalue weighted by Gasteiger charge is -2.08. The Kier molecular flexibility index (Phi) is 6.94. The van der Waals surface area contributed by atoms with Crippen LogP contribution in [-0.2, 0) is 20.7 Å². The fourth-order valence-corrected chi connectivity index (χ4v) is 4.41. The summed E-state index contributed by atoms with van der Waals surface area (Å²) < 4.78 is 5.05. The molecular weight excluding hydrogens is 414 g/mol. The van der Waals surface area contributed by atoms with Crippen LogP contribution in [0.3, 0.4) is 0 Å². The van der Waals surface area contributed by atoms with Crippen LogP contribution in [0, 0.1) is 0 Å². The van der Waals surface area contributed by atoms with E-state index >= 15 is 0 Å². The van der Waals surface area contributed by atoms with E-state index in [1.807, 2.05) is 6.92 Å². The number of nitrogens with one attached hydrogen (secondary N) is 2. The first-order valence-electron chi connectivity index (χ1n) is 8.93. The number of amides is 2. The van der Waals surface area contributed by atoms with E-state index in [-0.39, 0.29) is 30.8 Å². The Labute approximate surface area is 175 Å². The minimum atomic E-state index is -0.630. The van der Waals surface area contributed by atoms with Gasteiger partial charge >= 0.3 is 5.97 Å².